The van der Waals surface area contributed by atoms with E-state index in [0.717, 1.165) is 22.4 Å². The predicted octanol–water partition coefficient (Wildman–Crippen LogP) is 7.43. The lowest BCUT2D eigenvalue weighted by Crippen LogP contribution is -2.52. The Hall–Kier alpha value is -5.09. The minimum Gasteiger partial charge on any atom is -0.496 e. The summed E-state index contributed by atoms with van der Waals surface area (Å²) in [6, 6.07) is 23.1. The van der Waals surface area contributed by atoms with E-state index in [0.29, 0.717) is 47.1 Å². The number of halogens is 1. The zero-order valence-corrected chi connectivity index (χ0v) is 28.1. The number of rotatable bonds is 13. The van der Waals surface area contributed by atoms with Gasteiger partial charge in [-0.15, -0.1) is 0 Å². The van der Waals surface area contributed by atoms with E-state index < -0.39 is 23.6 Å². The molecule has 252 valence electrons. The smallest absolute Gasteiger partial charge is 0.335 e. The van der Waals surface area contributed by atoms with E-state index in [1.165, 1.54) is 12.1 Å². The van der Waals surface area contributed by atoms with Crippen LogP contribution in [0.3, 0.4) is 0 Å². The number of aryl methyl sites for hydroxylation is 1. The van der Waals surface area contributed by atoms with Crippen molar-refractivity contribution in [1.82, 2.24) is 0 Å². The monoisotopic (exact) mass is 656 g/mol. The van der Waals surface area contributed by atoms with Crippen molar-refractivity contribution < 1.29 is 37.7 Å². The second-order valence-electron chi connectivity index (χ2n) is 12.1. The maximum absolute atomic E-state index is 14.1. The second-order valence-corrected chi connectivity index (χ2v) is 12.1. The quantitative estimate of drug-likeness (QED) is 0.117. The Morgan fingerprint density at radius 1 is 0.958 bits per heavy atom. The average molecular weight is 657 g/mol. The molecule has 4 aromatic carbocycles. The van der Waals surface area contributed by atoms with Gasteiger partial charge in [-0.2, -0.15) is 0 Å². The van der Waals surface area contributed by atoms with Crippen LogP contribution in [-0.4, -0.2) is 44.5 Å². The van der Waals surface area contributed by atoms with Gasteiger partial charge in [-0.25, -0.2) is 9.18 Å². The molecule has 0 saturated heterocycles. The minimum atomic E-state index is -0.843. The maximum atomic E-state index is 14.1. The first-order valence-electron chi connectivity index (χ1n) is 15.8. The third kappa shape index (κ3) is 7.71. The minimum absolute atomic E-state index is 0.0458. The Balaban J connectivity index is 1.40. The van der Waals surface area contributed by atoms with Crippen LogP contribution in [0.25, 0.3) is 11.1 Å². The van der Waals surface area contributed by atoms with Crippen molar-refractivity contribution in [2.75, 3.05) is 31.0 Å². The first kappa shape index (κ1) is 34.3. The molecule has 5 rings (SSSR count). The fourth-order valence-electron chi connectivity index (χ4n) is 5.63. The van der Waals surface area contributed by atoms with Gasteiger partial charge >= 0.3 is 5.97 Å². The summed E-state index contributed by atoms with van der Waals surface area (Å²) in [5.41, 5.74) is 4.51. The normalized spacial score (nSPS) is 14.1. The molecule has 1 heterocycles. The third-order valence-electron chi connectivity index (χ3n) is 8.09. The largest absolute Gasteiger partial charge is 0.496 e. The predicted molar refractivity (Wildman–Crippen MR) is 182 cm³/mol. The Labute approximate surface area is 280 Å². The Bertz CT molecular complexity index is 1780. The number of hydrogen-bond acceptors (Lipinski definition) is 8. The highest BCUT2D eigenvalue weighted by atomic mass is 19.1. The van der Waals surface area contributed by atoms with Crippen molar-refractivity contribution in [2.45, 2.75) is 59.2 Å². The van der Waals surface area contributed by atoms with E-state index in [9.17, 15) is 14.0 Å². The second kappa shape index (κ2) is 14.8. The first-order chi connectivity index (χ1) is 23.0. The molecule has 1 amide bonds. The van der Waals surface area contributed by atoms with Gasteiger partial charge in [0.05, 0.1) is 25.1 Å². The van der Waals surface area contributed by atoms with Gasteiger partial charge in [0.25, 0.3) is 5.91 Å². The fraction of sp³-hybridized carbons (Fsp3) is 0.316. The molecule has 9 nitrogen and oxygen atoms in total. The van der Waals surface area contributed by atoms with Crippen LogP contribution in [0.5, 0.6) is 17.2 Å². The van der Waals surface area contributed by atoms with Crippen LogP contribution < -0.4 is 24.4 Å². The summed E-state index contributed by atoms with van der Waals surface area (Å²) in [6.07, 6.45) is -0.436. The lowest BCUT2D eigenvalue weighted by molar-refractivity contribution is -0.169. The molecule has 0 fully saturated rings. The standard InChI is InChI=1S/C38H41FN2O7/c1-7-35(48-34(42)23-45-21-25-11-9-8-10-12-25)47-27-15-16-29(33(20-27)44-6)28-17-18-31-36(41(5)37(43)38(3,4)40-31)30(28)22-46-32-19-26(39)14-13-24(32)2/h8-20,35,40H,7,21-23H2,1-6H3/t35-/m0/s1. The molecule has 0 unspecified atom stereocenters. The van der Waals surface area contributed by atoms with Gasteiger partial charge in [0.15, 0.2) is 0 Å². The molecule has 10 heteroatoms. The maximum Gasteiger partial charge on any atom is 0.335 e. The number of ether oxygens (including phenoxy) is 5. The third-order valence-corrected chi connectivity index (χ3v) is 8.09. The van der Waals surface area contributed by atoms with Crippen molar-refractivity contribution in [2.24, 2.45) is 0 Å². The number of likely N-dealkylation sites (N-methyl/N-ethyl adjacent to an activating group) is 1. The van der Waals surface area contributed by atoms with Gasteiger partial charge in [-0.05, 0) is 61.7 Å². The molecular formula is C38H41FN2O7. The van der Waals surface area contributed by atoms with Crippen molar-refractivity contribution >= 4 is 23.3 Å². The summed E-state index contributed by atoms with van der Waals surface area (Å²) in [5, 5.41) is 3.35. The van der Waals surface area contributed by atoms with Gasteiger partial charge in [0.1, 0.15) is 41.8 Å². The molecule has 1 atom stereocenters. The Kier molecular flexibility index (Phi) is 10.5. The SMILES string of the molecule is CC[C@H](OC(=O)COCc1ccccc1)Oc1ccc(-c2ccc3c(c2COc2cc(F)ccc2C)N(C)C(=O)C(C)(C)N3)c(OC)c1. The van der Waals surface area contributed by atoms with Crippen LogP contribution in [0, 0.1) is 12.7 Å². The number of anilines is 2. The van der Waals surface area contributed by atoms with E-state index >= 15 is 0 Å². The van der Waals surface area contributed by atoms with Crippen LogP contribution in [0.4, 0.5) is 15.8 Å². The number of nitrogens with one attached hydrogen (secondary N) is 1. The molecule has 0 spiro atoms. The lowest BCUT2D eigenvalue weighted by atomic mass is 9.91. The Morgan fingerprint density at radius 3 is 2.44 bits per heavy atom. The van der Waals surface area contributed by atoms with Gasteiger partial charge in [0, 0.05) is 36.7 Å². The van der Waals surface area contributed by atoms with Crippen molar-refractivity contribution in [3.63, 3.8) is 0 Å². The topological polar surface area (TPSA) is 95.6 Å². The number of hydrogen-bond donors (Lipinski definition) is 1. The van der Waals surface area contributed by atoms with Crippen LogP contribution in [-0.2, 0) is 32.3 Å². The molecule has 48 heavy (non-hydrogen) atoms. The summed E-state index contributed by atoms with van der Waals surface area (Å²) >= 11 is 0. The average Bonchev–Trinajstić information content (AvgIpc) is 3.07. The highest BCUT2D eigenvalue weighted by molar-refractivity contribution is 6.08. The molecule has 1 aliphatic heterocycles. The summed E-state index contributed by atoms with van der Waals surface area (Å²) in [7, 11) is 3.28. The molecule has 0 aliphatic carbocycles. The fourth-order valence-corrected chi connectivity index (χ4v) is 5.63. The van der Waals surface area contributed by atoms with Crippen molar-refractivity contribution in [3.8, 4) is 28.4 Å². The number of fused-ring (bicyclic) bond motifs is 1. The van der Waals surface area contributed by atoms with E-state index in [2.05, 4.69) is 5.32 Å². The van der Waals surface area contributed by atoms with Crippen LogP contribution in [0.2, 0.25) is 0 Å². The molecule has 0 saturated carbocycles. The number of amides is 1. The van der Waals surface area contributed by atoms with Gasteiger partial charge in [-0.1, -0.05) is 49.4 Å². The van der Waals surface area contributed by atoms with E-state index in [1.807, 2.05) is 76.2 Å². The van der Waals surface area contributed by atoms with E-state index in [1.54, 1.807) is 37.3 Å². The summed E-state index contributed by atoms with van der Waals surface area (Å²) in [4.78, 5) is 27.5. The molecule has 1 N–H and O–H groups in total. The number of carbonyl (C=O) groups excluding carboxylic acids is 2. The van der Waals surface area contributed by atoms with Gasteiger partial charge in [-0.3, -0.25) is 4.79 Å². The van der Waals surface area contributed by atoms with Crippen molar-refractivity contribution in [3.05, 3.63) is 101 Å². The molecule has 0 bridgehead atoms. The summed E-state index contributed by atoms with van der Waals surface area (Å²) < 4.78 is 43.2. The zero-order chi connectivity index (χ0) is 34.4. The van der Waals surface area contributed by atoms with Crippen LogP contribution >= 0.6 is 0 Å². The number of nitrogens with zero attached hydrogens (tertiary/aromatic N) is 1. The summed E-state index contributed by atoms with van der Waals surface area (Å²) in [6.45, 7) is 7.48. The molecule has 1 aliphatic rings. The molecule has 4 aromatic rings. The summed E-state index contributed by atoms with van der Waals surface area (Å²) in [5.74, 6) is 0.261. The lowest BCUT2D eigenvalue weighted by Gasteiger charge is -2.39. The number of benzene rings is 4. The number of carbonyl (C=O) groups is 2. The first-order valence-corrected chi connectivity index (χ1v) is 15.8. The number of methoxy groups -OCH3 is 1. The van der Waals surface area contributed by atoms with Gasteiger partial charge < -0.3 is 33.9 Å². The Morgan fingerprint density at radius 2 is 1.71 bits per heavy atom. The highest BCUT2D eigenvalue weighted by Crippen LogP contribution is 2.45. The highest BCUT2D eigenvalue weighted by Gasteiger charge is 2.39. The molecule has 0 radical (unpaired) electrons. The molecular weight excluding hydrogens is 615 g/mol. The van der Waals surface area contributed by atoms with Crippen molar-refractivity contribution in [1.29, 1.82) is 0 Å². The zero-order valence-electron chi connectivity index (χ0n) is 28.1. The van der Waals surface area contributed by atoms with Crippen LogP contribution in [0.15, 0.2) is 78.9 Å². The number of esters is 1. The van der Waals surface area contributed by atoms with Gasteiger partial charge in [0.2, 0.25) is 6.29 Å². The molecule has 0 aromatic heterocycles. The van der Waals surface area contributed by atoms with E-state index in [-0.39, 0.29) is 19.1 Å². The van der Waals surface area contributed by atoms with Crippen LogP contribution in [0.1, 0.15) is 43.9 Å². The van der Waals surface area contributed by atoms with E-state index in [4.69, 9.17) is 23.7 Å².